The fourth-order valence-corrected chi connectivity index (χ4v) is 2.39. The van der Waals surface area contributed by atoms with Gasteiger partial charge < -0.3 is 10.1 Å². The summed E-state index contributed by atoms with van der Waals surface area (Å²) in [6.07, 6.45) is 1.12. The lowest BCUT2D eigenvalue weighted by atomic mass is 10.1. The third kappa shape index (κ3) is 5.61. The van der Waals surface area contributed by atoms with E-state index in [-0.39, 0.29) is 11.9 Å². The number of ether oxygens (including phenoxy) is 1. The third-order valence-corrected chi connectivity index (χ3v) is 4.05. The predicted octanol–water partition coefficient (Wildman–Crippen LogP) is 4.68. The minimum Gasteiger partial charge on any atom is -0.494 e. The van der Waals surface area contributed by atoms with Crippen LogP contribution in [0.15, 0.2) is 48.5 Å². The smallest absolute Gasteiger partial charge is 0.220 e. The molecule has 122 valence electrons. The van der Waals surface area contributed by atoms with Crippen molar-refractivity contribution in [2.24, 2.45) is 0 Å². The van der Waals surface area contributed by atoms with Crippen molar-refractivity contribution in [2.45, 2.75) is 32.7 Å². The number of amides is 1. The number of halogens is 1. The van der Waals surface area contributed by atoms with Crippen LogP contribution in [-0.2, 0) is 4.79 Å². The highest BCUT2D eigenvalue weighted by atomic mass is 35.5. The van der Waals surface area contributed by atoms with Gasteiger partial charge in [0.2, 0.25) is 5.91 Å². The molecular formula is C19H22ClNO2. The van der Waals surface area contributed by atoms with Crippen molar-refractivity contribution < 1.29 is 9.53 Å². The van der Waals surface area contributed by atoms with Gasteiger partial charge in [-0.15, -0.1) is 0 Å². The summed E-state index contributed by atoms with van der Waals surface area (Å²) in [4.78, 5) is 12.0. The molecule has 2 aromatic carbocycles. The molecule has 3 nitrogen and oxygen atoms in total. The van der Waals surface area contributed by atoms with E-state index in [0.717, 1.165) is 21.9 Å². The van der Waals surface area contributed by atoms with Crippen molar-refractivity contribution in [3.8, 4) is 5.75 Å². The highest BCUT2D eigenvalue weighted by molar-refractivity contribution is 6.31. The zero-order valence-electron chi connectivity index (χ0n) is 13.5. The molecule has 0 spiro atoms. The Balaban J connectivity index is 1.69. The van der Waals surface area contributed by atoms with Crippen molar-refractivity contribution in [3.05, 3.63) is 64.7 Å². The first-order valence-corrected chi connectivity index (χ1v) is 8.17. The molecule has 1 unspecified atom stereocenters. The molecular weight excluding hydrogens is 310 g/mol. The number of rotatable bonds is 7. The zero-order valence-corrected chi connectivity index (χ0v) is 14.3. The van der Waals surface area contributed by atoms with E-state index in [1.807, 2.05) is 62.4 Å². The number of benzene rings is 2. The van der Waals surface area contributed by atoms with Crippen LogP contribution in [0, 0.1) is 6.92 Å². The van der Waals surface area contributed by atoms with E-state index in [4.69, 9.17) is 16.3 Å². The van der Waals surface area contributed by atoms with Crippen LogP contribution in [0.25, 0.3) is 0 Å². The molecule has 1 atom stereocenters. The van der Waals surface area contributed by atoms with Crippen molar-refractivity contribution >= 4 is 17.5 Å². The maximum atomic E-state index is 12.0. The van der Waals surface area contributed by atoms with E-state index in [9.17, 15) is 4.79 Å². The Kier molecular flexibility index (Phi) is 6.48. The van der Waals surface area contributed by atoms with Crippen molar-refractivity contribution in [1.29, 1.82) is 0 Å². The average Bonchev–Trinajstić information content (AvgIpc) is 2.55. The standard InChI is InChI=1S/C19H22ClNO2/c1-14-13-17(10-11-18(14)20)23-12-6-9-19(22)21-15(2)16-7-4-3-5-8-16/h3-5,7-8,10-11,13,15H,6,9,12H2,1-2H3,(H,21,22). The molecule has 4 heteroatoms. The number of carbonyl (C=O) groups excluding carboxylic acids is 1. The Bertz CT molecular complexity index is 643. The van der Waals surface area contributed by atoms with Crippen molar-refractivity contribution in [2.75, 3.05) is 6.61 Å². The largest absolute Gasteiger partial charge is 0.494 e. The van der Waals surface area contributed by atoms with Crippen molar-refractivity contribution in [3.63, 3.8) is 0 Å². The van der Waals surface area contributed by atoms with Gasteiger partial charge in [0, 0.05) is 11.4 Å². The third-order valence-electron chi connectivity index (χ3n) is 3.62. The molecule has 0 bridgehead atoms. The van der Waals surface area contributed by atoms with Crippen LogP contribution in [0.3, 0.4) is 0 Å². The molecule has 0 aliphatic carbocycles. The summed E-state index contributed by atoms with van der Waals surface area (Å²) in [5.41, 5.74) is 2.09. The van der Waals surface area contributed by atoms with Gasteiger partial charge in [-0.25, -0.2) is 0 Å². The van der Waals surface area contributed by atoms with Crippen LogP contribution < -0.4 is 10.1 Å². The average molecular weight is 332 g/mol. The molecule has 0 aromatic heterocycles. The molecule has 0 heterocycles. The number of carbonyl (C=O) groups is 1. The van der Waals surface area contributed by atoms with Gasteiger partial charge in [0.1, 0.15) is 5.75 Å². The highest BCUT2D eigenvalue weighted by Crippen LogP contribution is 2.21. The molecule has 0 aliphatic heterocycles. The number of nitrogens with one attached hydrogen (secondary N) is 1. The van der Waals surface area contributed by atoms with E-state index < -0.39 is 0 Å². The van der Waals surface area contributed by atoms with Crippen LogP contribution in [0.1, 0.15) is 36.9 Å². The van der Waals surface area contributed by atoms with E-state index in [2.05, 4.69) is 5.32 Å². The lowest BCUT2D eigenvalue weighted by Gasteiger charge is -2.14. The first-order chi connectivity index (χ1) is 11.1. The summed E-state index contributed by atoms with van der Waals surface area (Å²) in [6, 6.07) is 15.5. The quantitative estimate of drug-likeness (QED) is 0.748. The maximum Gasteiger partial charge on any atom is 0.220 e. The van der Waals surface area contributed by atoms with Gasteiger partial charge in [-0.2, -0.15) is 0 Å². The van der Waals surface area contributed by atoms with E-state index >= 15 is 0 Å². The molecule has 0 aliphatic rings. The Morgan fingerprint density at radius 2 is 1.96 bits per heavy atom. The van der Waals surface area contributed by atoms with Crippen molar-refractivity contribution in [1.82, 2.24) is 5.32 Å². The maximum absolute atomic E-state index is 12.0. The van der Waals surface area contributed by atoms with Gasteiger partial charge in [0.25, 0.3) is 0 Å². The molecule has 0 saturated heterocycles. The summed E-state index contributed by atoms with van der Waals surface area (Å²) in [5, 5.41) is 3.73. The molecule has 2 aromatic rings. The summed E-state index contributed by atoms with van der Waals surface area (Å²) in [5.74, 6) is 0.821. The van der Waals surface area contributed by atoms with Crippen LogP contribution in [0.4, 0.5) is 0 Å². The Labute approximate surface area is 142 Å². The number of hydrogen-bond acceptors (Lipinski definition) is 2. The fraction of sp³-hybridized carbons (Fsp3) is 0.316. The second-order valence-corrected chi connectivity index (χ2v) is 5.97. The minimum atomic E-state index is 0.0172. The molecule has 2 rings (SSSR count). The summed E-state index contributed by atoms with van der Waals surface area (Å²) < 4.78 is 5.64. The topological polar surface area (TPSA) is 38.3 Å². The monoisotopic (exact) mass is 331 g/mol. The van der Waals surface area contributed by atoms with Gasteiger partial charge in [-0.1, -0.05) is 41.9 Å². The molecule has 23 heavy (non-hydrogen) atoms. The van der Waals surface area contributed by atoms with E-state index in [0.29, 0.717) is 19.4 Å². The Morgan fingerprint density at radius 3 is 2.65 bits per heavy atom. The lowest BCUT2D eigenvalue weighted by Crippen LogP contribution is -2.26. The molecule has 1 amide bonds. The first kappa shape index (κ1) is 17.4. The zero-order chi connectivity index (χ0) is 16.7. The van der Waals surface area contributed by atoms with Crippen LogP contribution in [0.5, 0.6) is 5.75 Å². The second kappa shape index (κ2) is 8.59. The second-order valence-electron chi connectivity index (χ2n) is 5.56. The van der Waals surface area contributed by atoms with Gasteiger partial charge in [0.05, 0.1) is 12.6 Å². The van der Waals surface area contributed by atoms with Gasteiger partial charge >= 0.3 is 0 Å². The fourth-order valence-electron chi connectivity index (χ4n) is 2.27. The van der Waals surface area contributed by atoms with Gasteiger partial charge in [0.15, 0.2) is 0 Å². The predicted molar refractivity (Wildman–Crippen MR) is 93.9 cm³/mol. The normalized spacial score (nSPS) is 11.8. The Hall–Kier alpha value is -2.00. The first-order valence-electron chi connectivity index (χ1n) is 7.79. The summed E-state index contributed by atoms with van der Waals surface area (Å²) in [7, 11) is 0. The van der Waals surface area contributed by atoms with E-state index in [1.54, 1.807) is 0 Å². The molecule has 0 saturated carbocycles. The summed E-state index contributed by atoms with van der Waals surface area (Å²) >= 11 is 5.97. The van der Waals surface area contributed by atoms with Crippen LogP contribution in [0.2, 0.25) is 5.02 Å². The summed E-state index contributed by atoms with van der Waals surface area (Å²) in [6.45, 7) is 4.43. The minimum absolute atomic E-state index is 0.0172. The molecule has 0 radical (unpaired) electrons. The number of aryl methyl sites for hydroxylation is 1. The molecule has 0 fully saturated rings. The SMILES string of the molecule is Cc1cc(OCCCC(=O)NC(C)c2ccccc2)ccc1Cl. The van der Waals surface area contributed by atoms with Gasteiger partial charge in [-0.3, -0.25) is 4.79 Å². The van der Waals surface area contributed by atoms with Crippen LogP contribution in [-0.4, -0.2) is 12.5 Å². The number of hydrogen-bond donors (Lipinski definition) is 1. The Morgan fingerprint density at radius 1 is 1.22 bits per heavy atom. The molecule has 1 N–H and O–H groups in total. The van der Waals surface area contributed by atoms with Gasteiger partial charge in [-0.05, 0) is 49.6 Å². The van der Waals surface area contributed by atoms with Crippen LogP contribution >= 0.6 is 11.6 Å². The van der Waals surface area contributed by atoms with E-state index in [1.165, 1.54) is 0 Å². The lowest BCUT2D eigenvalue weighted by molar-refractivity contribution is -0.121. The highest BCUT2D eigenvalue weighted by Gasteiger charge is 2.09.